The lowest BCUT2D eigenvalue weighted by Crippen LogP contribution is -2.34. The summed E-state index contributed by atoms with van der Waals surface area (Å²) < 4.78 is 7.11. The molecule has 1 aliphatic rings. The molecule has 0 radical (unpaired) electrons. The zero-order valence-electron chi connectivity index (χ0n) is 8.98. The van der Waals surface area contributed by atoms with Crippen molar-refractivity contribution in [3.8, 4) is 5.19 Å². The summed E-state index contributed by atoms with van der Waals surface area (Å²) in [5.74, 6) is 0. The Morgan fingerprint density at radius 1 is 1.25 bits per heavy atom. The van der Waals surface area contributed by atoms with Crippen molar-refractivity contribution in [3.05, 3.63) is 24.3 Å². The maximum Gasteiger partial charge on any atom is 0.274 e. The van der Waals surface area contributed by atoms with E-state index in [1.807, 2.05) is 18.2 Å². The van der Waals surface area contributed by atoms with Crippen molar-refractivity contribution >= 4 is 21.6 Å². The van der Waals surface area contributed by atoms with Gasteiger partial charge in [-0.2, -0.15) is 0 Å². The molecule has 1 aromatic heterocycles. The molecule has 3 rings (SSSR count). The Kier molecular flexibility index (Phi) is 2.76. The summed E-state index contributed by atoms with van der Waals surface area (Å²) in [5, 5.41) is 4.14. The summed E-state index contributed by atoms with van der Waals surface area (Å²) in [6.45, 7) is 2.10. The van der Waals surface area contributed by atoms with Crippen molar-refractivity contribution in [2.45, 2.75) is 18.9 Å². The largest absolute Gasteiger partial charge is 0.467 e. The minimum atomic E-state index is 0.335. The van der Waals surface area contributed by atoms with E-state index in [1.165, 1.54) is 4.70 Å². The van der Waals surface area contributed by atoms with Crippen molar-refractivity contribution in [2.75, 3.05) is 13.1 Å². The summed E-state index contributed by atoms with van der Waals surface area (Å²) in [7, 11) is 0. The first kappa shape index (κ1) is 10.1. The summed E-state index contributed by atoms with van der Waals surface area (Å²) in [6, 6.07) is 8.16. The van der Waals surface area contributed by atoms with Crippen LogP contribution in [0, 0.1) is 0 Å². The van der Waals surface area contributed by atoms with Crippen LogP contribution < -0.4 is 10.1 Å². The van der Waals surface area contributed by atoms with Crippen LogP contribution in [0.15, 0.2) is 24.3 Å². The van der Waals surface area contributed by atoms with Gasteiger partial charge in [0.2, 0.25) is 0 Å². The highest BCUT2D eigenvalue weighted by molar-refractivity contribution is 7.20. The van der Waals surface area contributed by atoms with Gasteiger partial charge in [-0.25, -0.2) is 4.98 Å². The molecule has 2 aromatic rings. The summed E-state index contributed by atoms with van der Waals surface area (Å²) in [4.78, 5) is 4.48. The van der Waals surface area contributed by atoms with Crippen LogP contribution in [0.4, 0.5) is 0 Å². The first-order valence-electron chi connectivity index (χ1n) is 5.65. The van der Waals surface area contributed by atoms with E-state index in [1.54, 1.807) is 11.3 Å². The van der Waals surface area contributed by atoms with Gasteiger partial charge in [-0.05, 0) is 38.1 Å². The van der Waals surface area contributed by atoms with Crippen molar-refractivity contribution in [1.82, 2.24) is 10.3 Å². The molecule has 0 aliphatic carbocycles. The minimum absolute atomic E-state index is 0.335. The second kappa shape index (κ2) is 4.39. The lowest BCUT2D eigenvalue weighted by Gasteiger charge is -2.22. The number of thiazole rings is 1. The molecular formula is C12H14N2OS. The fraction of sp³-hybridized carbons (Fsp3) is 0.417. The molecule has 3 nitrogen and oxygen atoms in total. The van der Waals surface area contributed by atoms with Gasteiger partial charge in [0.05, 0.1) is 10.2 Å². The van der Waals surface area contributed by atoms with Gasteiger partial charge in [0.15, 0.2) is 0 Å². The fourth-order valence-corrected chi connectivity index (χ4v) is 2.84. The number of aromatic nitrogens is 1. The Hall–Kier alpha value is -1.13. The van der Waals surface area contributed by atoms with Crippen molar-refractivity contribution in [1.29, 1.82) is 0 Å². The molecule has 84 valence electrons. The van der Waals surface area contributed by atoms with Crippen molar-refractivity contribution in [3.63, 3.8) is 0 Å². The number of nitrogens with zero attached hydrogens (tertiary/aromatic N) is 1. The molecule has 1 fully saturated rings. The standard InChI is InChI=1S/C12H14N2OS/c1-2-4-11-10(3-1)14-12(16-11)15-9-5-7-13-8-6-9/h1-4,9,13H,5-8H2. The minimum Gasteiger partial charge on any atom is -0.467 e. The Labute approximate surface area is 98.5 Å². The average Bonchev–Trinajstić information content (AvgIpc) is 2.72. The van der Waals surface area contributed by atoms with E-state index in [9.17, 15) is 0 Å². The van der Waals surface area contributed by atoms with E-state index in [0.717, 1.165) is 36.6 Å². The topological polar surface area (TPSA) is 34.1 Å². The van der Waals surface area contributed by atoms with Gasteiger partial charge in [-0.1, -0.05) is 23.5 Å². The van der Waals surface area contributed by atoms with Crippen LogP contribution >= 0.6 is 11.3 Å². The van der Waals surface area contributed by atoms with E-state index < -0.39 is 0 Å². The number of hydrogen-bond donors (Lipinski definition) is 1. The second-order valence-electron chi connectivity index (χ2n) is 4.01. The quantitative estimate of drug-likeness (QED) is 0.866. The Morgan fingerprint density at radius 3 is 2.88 bits per heavy atom. The van der Waals surface area contributed by atoms with Gasteiger partial charge in [-0.15, -0.1) is 0 Å². The molecule has 0 amide bonds. The van der Waals surface area contributed by atoms with Crippen LogP contribution in [-0.2, 0) is 0 Å². The highest BCUT2D eigenvalue weighted by atomic mass is 32.1. The first-order chi connectivity index (χ1) is 7.92. The van der Waals surface area contributed by atoms with Crippen LogP contribution in [0.2, 0.25) is 0 Å². The Bertz CT molecular complexity index is 444. The van der Waals surface area contributed by atoms with E-state index >= 15 is 0 Å². The number of ether oxygens (including phenoxy) is 1. The first-order valence-corrected chi connectivity index (χ1v) is 6.46. The lowest BCUT2D eigenvalue weighted by atomic mass is 10.1. The van der Waals surface area contributed by atoms with E-state index in [4.69, 9.17) is 4.74 Å². The fourth-order valence-electron chi connectivity index (χ4n) is 1.96. The molecule has 1 aliphatic heterocycles. The predicted octanol–water partition coefficient (Wildman–Crippen LogP) is 2.43. The molecule has 0 unspecified atom stereocenters. The average molecular weight is 234 g/mol. The third-order valence-electron chi connectivity index (χ3n) is 2.83. The molecule has 2 heterocycles. The van der Waals surface area contributed by atoms with E-state index in [2.05, 4.69) is 16.4 Å². The molecule has 4 heteroatoms. The Balaban J connectivity index is 1.78. The van der Waals surface area contributed by atoms with Crippen molar-refractivity contribution < 1.29 is 4.74 Å². The number of para-hydroxylation sites is 1. The third-order valence-corrected chi connectivity index (χ3v) is 3.76. The van der Waals surface area contributed by atoms with Gasteiger partial charge in [0, 0.05) is 0 Å². The second-order valence-corrected chi connectivity index (χ2v) is 5.01. The zero-order chi connectivity index (χ0) is 10.8. The van der Waals surface area contributed by atoms with E-state index in [-0.39, 0.29) is 0 Å². The lowest BCUT2D eigenvalue weighted by molar-refractivity contribution is 0.162. The highest BCUT2D eigenvalue weighted by Gasteiger charge is 2.16. The summed E-state index contributed by atoms with van der Waals surface area (Å²) in [6.07, 6.45) is 2.49. The molecule has 1 saturated heterocycles. The molecule has 0 atom stereocenters. The van der Waals surface area contributed by atoms with Crippen LogP contribution in [0.3, 0.4) is 0 Å². The normalized spacial score (nSPS) is 17.8. The SMILES string of the molecule is c1ccc2sc(OC3CCNCC3)nc2c1. The summed E-state index contributed by atoms with van der Waals surface area (Å²) >= 11 is 1.64. The smallest absolute Gasteiger partial charge is 0.274 e. The Morgan fingerprint density at radius 2 is 2.06 bits per heavy atom. The number of piperidine rings is 1. The zero-order valence-corrected chi connectivity index (χ0v) is 9.80. The highest BCUT2D eigenvalue weighted by Crippen LogP contribution is 2.28. The number of hydrogen-bond acceptors (Lipinski definition) is 4. The van der Waals surface area contributed by atoms with Gasteiger partial charge in [-0.3, -0.25) is 0 Å². The number of nitrogens with one attached hydrogen (secondary N) is 1. The summed E-state index contributed by atoms with van der Waals surface area (Å²) in [5.41, 5.74) is 1.04. The predicted molar refractivity (Wildman–Crippen MR) is 66.1 cm³/mol. The van der Waals surface area contributed by atoms with Gasteiger partial charge < -0.3 is 10.1 Å². The van der Waals surface area contributed by atoms with Crippen molar-refractivity contribution in [2.24, 2.45) is 0 Å². The van der Waals surface area contributed by atoms with Crippen LogP contribution in [0.5, 0.6) is 5.19 Å². The maximum absolute atomic E-state index is 5.91. The molecule has 1 N–H and O–H groups in total. The number of fused-ring (bicyclic) bond motifs is 1. The van der Waals surface area contributed by atoms with Crippen LogP contribution in [0.25, 0.3) is 10.2 Å². The van der Waals surface area contributed by atoms with Gasteiger partial charge >= 0.3 is 0 Å². The molecule has 0 spiro atoms. The molecule has 0 saturated carbocycles. The van der Waals surface area contributed by atoms with Crippen LogP contribution in [-0.4, -0.2) is 24.2 Å². The molecule has 0 bridgehead atoms. The monoisotopic (exact) mass is 234 g/mol. The number of benzene rings is 1. The molecular weight excluding hydrogens is 220 g/mol. The third kappa shape index (κ3) is 2.03. The van der Waals surface area contributed by atoms with Gasteiger partial charge in [0.1, 0.15) is 6.10 Å². The van der Waals surface area contributed by atoms with E-state index in [0.29, 0.717) is 6.10 Å². The number of rotatable bonds is 2. The molecule has 1 aromatic carbocycles. The molecule has 16 heavy (non-hydrogen) atoms. The maximum atomic E-state index is 5.91. The van der Waals surface area contributed by atoms with Crippen LogP contribution in [0.1, 0.15) is 12.8 Å². The van der Waals surface area contributed by atoms with Gasteiger partial charge in [0.25, 0.3) is 5.19 Å².